The molecule has 1 atom stereocenters. The normalized spacial score (nSPS) is 12.6. The molecule has 0 amide bonds. The van der Waals surface area contributed by atoms with Gasteiger partial charge in [-0.3, -0.25) is 0 Å². The molecule has 2 aromatic rings. The molecule has 0 aliphatic carbocycles. The monoisotopic (exact) mass is 286 g/mol. The lowest BCUT2D eigenvalue weighted by Gasteiger charge is -2.23. The van der Waals surface area contributed by atoms with Gasteiger partial charge in [-0.05, 0) is 86.6 Å². The first-order chi connectivity index (χ1) is 9.75. The zero-order valence-electron chi connectivity index (χ0n) is 13.6. The summed E-state index contributed by atoms with van der Waals surface area (Å²) in [7, 11) is 0. The van der Waals surface area contributed by atoms with E-state index >= 15 is 0 Å². The Morgan fingerprint density at radius 2 is 1.29 bits per heavy atom. The summed E-state index contributed by atoms with van der Waals surface area (Å²) in [5.74, 6) is -0.350. The molecule has 0 heterocycles. The van der Waals surface area contributed by atoms with Crippen molar-refractivity contribution in [3.8, 4) is 0 Å². The molecule has 1 N–H and O–H groups in total. The minimum absolute atomic E-state index is 0.342. The third-order valence-electron chi connectivity index (χ3n) is 4.78. The van der Waals surface area contributed by atoms with Crippen LogP contribution < -0.4 is 0 Å². The van der Waals surface area contributed by atoms with E-state index in [1.165, 1.54) is 22.8 Å². The van der Waals surface area contributed by atoms with Crippen LogP contribution >= 0.6 is 0 Å². The van der Waals surface area contributed by atoms with Crippen LogP contribution in [0.25, 0.3) is 0 Å². The summed E-state index contributed by atoms with van der Waals surface area (Å²) in [4.78, 5) is 0. The Morgan fingerprint density at radius 3 is 1.76 bits per heavy atom. The van der Waals surface area contributed by atoms with E-state index in [-0.39, 0.29) is 5.82 Å². The van der Waals surface area contributed by atoms with Crippen LogP contribution in [0, 0.1) is 47.4 Å². The van der Waals surface area contributed by atoms with Gasteiger partial charge >= 0.3 is 0 Å². The fraction of sp³-hybridized carbons (Fsp3) is 0.368. The largest absolute Gasteiger partial charge is 0.384 e. The van der Waals surface area contributed by atoms with Gasteiger partial charge in [-0.2, -0.15) is 0 Å². The molecule has 0 saturated carbocycles. The molecule has 1 nitrogen and oxygen atoms in total. The highest BCUT2D eigenvalue weighted by molar-refractivity contribution is 5.52. The van der Waals surface area contributed by atoms with E-state index in [4.69, 9.17) is 0 Å². The number of hydrogen-bond acceptors (Lipinski definition) is 1. The van der Waals surface area contributed by atoms with Gasteiger partial charge in [-0.15, -0.1) is 0 Å². The van der Waals surface area contributed by atoms with Crippen molar-refractivity contribution in [2.24, 2.45) is 0 Å². The summed E-state index contributed by atoms with van der Waals surface area (Å²) in [6, 6.07) is 4.98. The Morgan fingerprint density at radius 1 is 0.810 bits per heavy atom. The van der Waals surface area contributed by atoms with Gasteiger partial charge in [0.2, 0.25) is 0 Å². The van der Waals surface area contributed by atoms with Crippen LogP contribution in [0.1, 0.15) is 50.6 Å². The predicted molar refractivity (Wildman–Crippen MR) is 85.3 cm³/mol. The van der Waals surface area contributed by atoms with Gasteiger partial charge in [0.1, 0.15) is 11.9 Å². The summed E-state index contributed by atoms with van der Waals surface area (Å²) in [6.45, 7) is 12.0. The first kappa shape index (κ1) is 15.7. The molecule has 2 rings (SSSR count). The topological polar surface area (TPSA) is 20.2 Å². The van der Waals surface area contributed by atoms with Gasteiger partial charge in [0.15, 0.2) is 0 Å². The van der Waals surface area contributed by atoms with E-state index in [9.17, 15) is 9.50 Å². The Kier molecular flexibility index (Phi) is 4.20. The molecule has 0 radical (unpaired) electrons. The second-order valence-corrected chi connectivity index (χ2v) is 5.97. The van der Waals surface area contributed by atoms with Crippen molar-refractivity contribution < 1.29 is 9.50 Å². The van der Waals surface area contributed by atoms with Crippen LogP contribution in [-0.4, -0.2) is 5.11 Å². The highest BCUT2D eigenvalue weighted by atomic mass is 19.1. The van der Waals surface area contributed by atoms with Crippen LogP contribution in [0.5, 0.6) is 0 Å². The maximum Gasteiger partial charge on any atom is 0.129 e. The molecule has 0 aromatic heterocycles. The van der Waals surface area contributed by atoms with Gasteiger partial charge < -0.3 is 5.11 Å². The number of halogens is 1. The lowest BCUT2D eigenvalue weighted by atomic mass is 9.85. The molecule has 0 aliphatic heterocycles. The molecular weight excluding hydrogens is 263 g/mol. The van der Waals surface area contributed by atoms with Crippen LogP contribution in [0.2, 0.25) is 0 Å². The average molecular weight is 286 g/mol. The van der Waals surface area contributed by atoms with Crippen molar-refractivity contribution >= 4 is 0 Å². The first-order valence-electron chi connectivity index (χ1n) is 7.26. The maximum absolute atomic E-state index is 14.2. The minimum Gasteiger partial charge on any atom is -0.384 e. The first-order valence-corrected chi connectivity index (χ1v) is 7.26. The third-order valence-corrected chi connectivity index (χ3v) is 4.78. The molecule has 0 saturated heterocycles. The molecule has 2 aromatic carbocycles. The highest BCUT2D eigenvalue weighted by Crippen LogP contribution is 2.34. The maximum atomic E-state index is 14.2. The van der Waals surface area contributed by atoms with Crippen LogP contribution in [0.15, 0.2) is 18.2 Å². The number of aliphatic hydroxyl groups excluding tert-OH is 1. The number of benzene rings is 2. The fourth-order valence-electron chi connectivity index (χ4n) is 2.95. The number of aryl methyl sites for hydroxylation is 1. The van der Waals surface area contributed by atoms with Gasteiger partial charge in [0.25, 0.3) is 0 Å². The van der Waals surface area contributed by atoms with Crippen molar-refractivity contribution in [1.29, 1.82) is 0 Å². The van der Waals surface area contributed by atoms with E-state index in [1.807, 2.05) is 26.8 Å². The minimum atomic E-state index is -0.927. The molecule has 21 heavy (non-hydrogen) atoms. The summed E-state index contributed by atoms with van der Waals surface area (Å²) >= 11 is 0. The Bertz CT molecular complexity index is 672. The lowest BCUT2D eigenvalue weighted by molar-refractivity contribution is 0.213. The second-order valence-electron chi connectivity index (χ2n) is 5.97. The molecule has 1 unspecified atom stereocenters. The summed E-state index contributed by atoms with van der Waals surface area (Å²) < 4.78 is 14.2. The summed E-state index contributed by atoms with van der Waals surface area (Å²) in [5.41, 5.74) is 7.69. The average Bonchev–Trinajstić information content (AvgIpc) is 2.43. The molecule has 0 aliphatic rings. The third kappa shape index (κ3) is 2.60. The summed E-state index contributed by atoms with van der Waals surface area (Å²) in [5, 5.41) is 10.7. The highest BCUT2D eigenvalue weighted by Gasteiger charge is 2.22. The number of rotatable bonds is 2. The SMILES string of the molecule is Cc1ccc(C(O)c2c(C)c(C)c(C)c(C)c2C)c(F)c1. The summed E-state index contributed by atoms with van der Waals surface area (Å²) in [6.07, 6.45) is -0.927. The smallest absolute Gasteiger partial charge is 0.129 e. The zero-order chi connectivity index (χ0) is 15.9. The van der Waals surface area contributed by atoms with Crippen molar-refractivity contribution in [2.45, 2.75) is 47.6 Å². The van der Waals surface area contributed by atoms with Crippen LogP contribution in [-0.2, 0) is 0 Å². The number of hydrogen-bond donors (Lipinski definition) is 1. The molecule has 2 heteroatoms. The molecule has 112 valence electrons. The van der Waals surface area contributed by atoms with E-state index < -0.39 is 6.10 Å². The van der Waals surface area contributed by atoms with Crippen molar-refractivity contribution in [1.82, 2.24) is 0 Å². The van der Waals surface area contributed by atoms with Gasteiger partial charge in [0, 0.05) is 5.56 Å². The molecule has 0 fully saturated rings. The predicted octanol–water partition coefficient (Wildman–Crippen LogP) is 4.76. The van der Waals surface area contributed by atoms with E-state index in [1.54, 1.807) is 6.07 Å². The van der Waals surface area contributed by atoms with E-state index in [2.05, 4.69) is 20.8 Å². The lowest BCUT2D eigenvalue weighted by Crippen LogP contribution is -2.10. The second kappa shape index (κ2) is 5.61. The van der Waals surface area contributed by atoms with E-state index in [0.29, 0.717) is 5.56 Å². The van der Waals surface area contributed by atoms with Gasteiger partial charge in [0.05, 0.1) is 0 Å². The van der Waals surface area contributed by atoms with E-state index in [0.717, 1.165) is 22.3 Å². The fourth-order valence-corrected chi connectivity index (χ4v) is 2.95. The molecule has 0 spiro atoms. The van der Waals surface area contributed by atoms with Gasteiger partial charge in [-0.1, -0.05) is 12.1 Å². The van der Waals surface area contributed by atoms with Crippen LogP contribution in [0.4, 0.5) is 4.39 Å². The van der Waals surface area contributed by atoms with Crippen LogP contribution in [0.3, 0.4) is 0 Å². The molecular formula is C19H23FO. The Hall–Kier alpha value is -1.67. The Labute approximate surface area is 126 Å². The van der Waals surface area contributed by atoms with Crippen molar-refractivity contribution in [3.05, 3.63) is 68.5 Å². The van der Waals surface area contributed by atoms with Crippen molar-refractivity contribution in [2.75, 3.05) is 0 Å². The zero-order valence-corrected chi connectivity index (χ0v) is 13.6. The quantitative estimate of drug-likeness (QED) is 0.844. The van der Waals surface area contributed by atoms with Gasteiger partial charge in [-0.25, -0.2) is 4.39 Å². The van der Waals surface area contributed by atoms with Crippen molar-refractivity contribution in [3.63, 3.8) is 0 Å². The number of aliphatic hydroxyl groups is 1. The Balaban J connectivity index is 2.66. The molecule has 0 bridgehead atoms. The standard InChI is InChI=1S/C19H23FO/c1-10-7-8-16(17(20)9-10)19(21)18-14(5)12(3)11(2)13(4)15(18)6/h7-9,19,21H,1-6H3.